The van der Waals surface area contributed by atoms with Gasteiger partial charge in [0.05, 0.1) is 0 Å². The smallest absolute Gasteiger partial charge is 0.255 e. The van der Waals surface area contributed by atoms with E-state index in [4.69, 9.17) is 35.4 Å². The van der Waals surface area contributed by atoms with Gasteiger partial charge in [0.1, 0.15) is 0 Å². The molecule has 0 aliphatic heterocycles. The third kappa shape index (κ3) is 4.50. The summed E-state index contributed by atoms with van der Waals surface area (Å²) in [5, 5.41) is 1.14. The van der Waals surface area contributed by atoms with Crippen LogP contribution in [0.25, 0.3) is 0 Å². The van der Waals surface area contributed by atoms with E-state index in [2.05, 4.69) is 40.3 Å². The number of benzene rings is 2. The summed E-state index contributed by atoms with van der Waals surface area (Å²) in [4.78, 5) is 18.8. The Kier molecular flexibility index (Phi) is 6.23. The van der Waals surface area contributed by atoms with Gasteiger partial charge in [-0.3, -0.25) is 9.78 Å². The fourth-order valence-corrected chi connectivity index (χ4v) is 5.11. The van der Waals surface area contributed by atoms with Crippen LogP contribution >= 0.6 is 35.4 Å². The first-order chi connectivity index (χ1) is 14.0. The van der Waals surface area contributed by atoms with Crippen LogP contribution in [-0.4, -0.2) is 9.97 Å². The summed E-state index contributed by atoms with van der Waals surface area (Å²) in [5.41, 5.74) is 3.61. The minimum absolute atomic E-state index is 0.162. The summed E-state index contributed by atoms with van der Waals surface area (Å²) in [6.45, 7) is 0. The van der Waals surface area contributed by atoms with Crippen LogP contribution in [0.2, 0.25) is 10.0 Å². The van der Waals surface area contributed by atoms with Crippen molar-refractivity contribution in [2.45, 2.75) is 43.9 Å². The molecule has 29 heavy (non-hydrogen) atoms. The Labute approximate surface area is 185 Å². The highest BCUT2D eigenvalue weighted by Crippen LogP contribution is 2.41. The molecule has 6 heteroatoms. The molecule has 1 saturated carbocycles. The number of aromatic nitrogens is 2. The van der Waals surface area contributed by atoms with Gasteiger partial charge in [-0.25, -0.2) is 0 Å². The maximum atomic E-state index is 12.8. The average molecular weight is 445 g/mol. The summed E-state index contributed by atoms with van der Waals surface area (Å²) in [5.74, 6) is 0.842. The zero-order chi connectivity index (χ0) is 20.4. The van der Waals surface area contributed by atoms with Crippen LogP contribution in [-0.2, 0) is 6.42 Å². The molecule has 0 unspecified atom stereocenters. The molecule has 150 valence electrons. The van der Waals surface area contributed by atoms with Gasteiger partial charge in [0, 0.05) is 27.7 Å². The van der Waals surface area contributed by atoms with Gasteiger partial charge in [-0.15, -0.1) is 0 Å². The molecule has 0 saturated heterocycles. The predicted octanol–water partition coefficient (Wildman–Crippen LogP) is 6.77. The third-order valence-corrected chi connectivity index (χ3v) is 6.81. The van der Waals surface area contributed by atoms with E-state index in [1.807, 2.05) is 6.07 Å². The highest BCUT2D eigenvalue weighted by molar-refractivity contribution is 7.71. The van der Waals surface area contributed by atoms with Crippen molar-refractivity contribution in [3.8, 4) is 0 Å². The fourth-order valence-electron chi connectivity index (χ4n) is 4.37. The molecule has 3 nitrogen and oxygen atoms in total. The second-order valence-electron chi connectivity index (χ2n) is 7.64. The monoisotopic (exact) mass is 444 g/mol. The molecule has 2 N–H and O–H groups in total. The van der Waals surface area contributed by atoms with Crippen LogP contribution < -0.4 is 5.56 Å². The van der Waals surface area contributed by atoms with E-state index in [1.54, 1.807) is 12.1 Å². The van der Waals surface area contributed by atoms with Crippen LogP contribution in [0.3, 0.4) is 0 Å². The van der Waals surface area contributed by atoms with Gasteiger partial charge >= 0.3 is 0 Å². The van der Waals surface area contributed by atoms with Crippen molar-refractivity contribution in [3.05, 3.63) is 96.1 Å². The molecular formula is C23H22Cl2N2OS. The van der Waals surface area contributed by atoms with Gasteiger partial charge in [-0.1, -0.05) is 59.6 Å². The summed E-state index contributed by atoms with van der Waals surface area (Å²) in [6.07, 6.45) is 4.59. The number of H-pyrrole nitrogens is 2. The third-order valence-electron chi connectivity index (χ3n) is 5.90. The van der Waals surface area contributed by atoms with Crippen molar-refractivity contribution in [1.82, 2.24) is 9.97 Å². The molecule has 2 aromatic carbocycles. The molecule has 1 heterocycles. The van der Waals surface area contributed by atoms with Crippen molar-refractivity contribution in [2.24, 2.45) is 0 Å². The lowest BCUT2D eigenvalue weighted by Crippen LogP contribution is -2.22. The van der Waals surface area contributed by atoms with E-state index >= 15 is 0 Å². The Hall–Kier alpha value is -1.88. The lowest BCUT2D eigenvalue weighted by molar-refractivity contribution is 0.389. The zero-order valence-corrected chi connectivity index (χ0v) is 18.2. The van der Waals surface area contributed by atoms with Gasteiger partial charge in [0.15, 0.2) is 4.77 Å². The minimum Gasteiger partial charge on any atom is -0.335 e. The Bertz CT molecular complexity index is 1100. The summed E-state index contributed by atoms with van der Waals surface area (Å²) in [6, 6.07) is 16.1. The molecule has 0 amide bonds. The van der Waals surface area contributed by atoms with E-state index in [9.17, 15) is 4.79 Å². The largest absolute Gasteiger partial charge is 0.335 e. The number of rotatable bonds is 4. The SMILES string of the molecule is O=c1[nH]c(=S)[nH]c(C2CCC(c3ccccc3)CC2)c1Cc1c(Cl)cccc1Cl. The maximum absolute atomic E-state index is 12.8. The minimum atomic E-state index is -0.162. The van der Waals surface area contributed by atoms with Crippen LogP contribution in [0.5, 0.6) is 0 Å². The van der Waals surface area contributed by atoms with Crippen molar-refractivity contribution < 1.29 is 0 Å². The highest BCUT2D eigenvalue weighted by atomic mass is 35.5. The van der Waals surface area contributed by atoms with E-state index < -0.39 is 0 Å². The topological polar surface area (TPSA) is 48.6 Å². The summed E-state index contributed by atoms with van der Waals surface area (Å²) in [7, 11) is 0. The normalized spacial score (nSPS) is 19.2. The summed E-state index contributed by atoms with van der Waals surface area (Å²) >= 11 is 18.0. The van der Waals surface area contributed by atoms with E-state index in [0.717, 1.165) is 36.9 Å². The molecule has 0 spiro atoms. The first kappa shape index (κ1) is 20.4. The Balaban J connectivity index is 1.63. The molecule has 1 fully saturated rings. The number of hydrogen-bond acceptors (Lipinski definition) is 2. The van der Waals surface area contributed by atoms with Crippen molar-refractivity contribution in [2.75, 3.05) is 0 Å². The van der Waals surface area contributed by atoms with E-state index in [0.29, 0.717) is 32.7 Å². The second-order valence-corrected chi connectivity index (χ2v) is 8.86. The van der Waals surface area contributed by atoms with Crippen LogP contribution in [0, 0.1) is 4.77 Å². The number of hydrogen-bond donors (Lipinski definition) is 2. The molecule has 1 aliphatic rings. The molecular weight excluding hydrogens is 423 g/mol. The molecule has 0 bridgehead atoms. The average Bonchev–Trinajstić information content (AvgIpc) is 2.72. The van der Waals surface area contributed by atoms with Gasteiger partial charge < -0.3 is 4.98 Å². The zero-order valence-electron chi connectivity index (χ0n) is 15.9. The summed E-state index contributed by atoms with van der Waals surface area (Å²) < 4.78 is 0.365. The molecule has 4 rings (SSSR count). The molecule has 0 atom stereocenters. The van der Waals surface area contributed by atoms with Gasteiger partial charge in [-0.05, 0) is 73.0 Å². The van der Waals surface area contributed by atoms with Gasteiger partial charge in [0.2, 0.25) is 0 Å². The van der Waals surface area contributed by atoms with Gasteiger partial charge in [0.25, 0.3) is 5.56 Å². The number of aromatic amines is 2. The second kappa shape index (κ2) is 8.86. The Morgan fingerprint density at radius 3 is 2.10 bits per heavy atom. The van der Waals surface area contributed by atoms with Crippen molar-refractivity contribution in [3.63, 3.8) is 0 Å². The first-order valence-electron chi connectivity index (χ1n) is 9.86. The van der Waals surface area contributed by atoms with Crippen LogP contribution in [0.1, 0.15) is 59.9 Å². The van der Waals surface area contributed by atoms with Crippen molar-refractivity contribution in [1.29, 1.82) is 0 Å². The molecule has 1 aliphatic carbocycles. The highest BCUT2D eigenvalue weighted by Gasteiger charge is 2.27. The Morgan fingerprint density at radius 1 is 0.828 bits per heavy atom. The molecule has 1 aromatic heterocycles. The van der Waals surface area contributed by atoms with Gasteiger partial charge in [-0.2, -0.15) is 0 Å². The maximum Gasteiger partial charge on any atom is 0.255 e. The van der Waals surface area contributed by atoms with E-state index in [-0.39, 0.29) is 11.5 Å². The molecule has 3 aromatic rings. The van der Waals surface area contributed by atoms with Crippen molar-refractivity contribution >= 4 is 35.4 Å². The number of halogens is 2. The molecule has 0 radical (unpaired) electrons. The van der Waals surface area contributed by atoms with Crippen LogP contribution in [0.15, 0.2) is 53.3 Å². The standard InChI is InChI=1S/C23H22Cl2N2OS/c24-19-7-4-8-20(25)17(19)13-18-21(26-23(29)27-22(18)28)16-11-9-15(10-12-16)14-5-2-1-3-6-14/h1-8,15-16H,9-13H2,(H2,26,27,28,29). The lowest BCUT2D eigenvalue weighted by Gasteiger charge is -2.30. The number of nitrogens with one attached hydrogen (secondary N) is 2. The Morgan fingerprint density at radius 2 is 1.45 bits per heavy atom. The quantitative estimate of drug-likeness (QED) is 0.436. The van der Waals surface area contributed by atoms with Crippen LogP contribution in [0.4, 0.5) is 0 Å². The first-order valence-corrected chi connectivity index (χ1v) is 11.0. The fraction of sp³-hybridized carbons (Fsp3) is 0.304. The predicted molar refractivity (Wildman–Crippen MR) is 122 cm³/mol. The lowest BCUT2D eigenvalue weighted by atomic mass is 9.76. The van der Waals surface area contributed by atoms with E-state index in [1.165, 1.54) is 5.56 Å².